The summed E-state index contributed by atoms with van der Waals surface area (Å²) in [4.78, 5) is 18.7. The van der Waals surface area contributed by atoms with E-state index in [1.54, 1.807) is 25.0 Å². The minimum atomic E-state index is -0.491. The fourth-order valence-corrected chi connectivity index (χ4v) is 4.47. The molecular weight excluding hydrogens is 651 g/mol. The van der Waals surface area contributed by atoms with Crippen molar-refractivity contribution in [1.82, 2.24) is 29.1 Å². The Morgan fingerprint density at radius 2 is 1.00 bits per heavy atom. The van der Waals surface area contributed by atoms with Crippen LogP contribution in [0.4, 0.5) is 0 Å². The van der Waals surface area contributed by atoms with Crippen LogP contribution in [0.5, 0.6) is 0 Å². The monoisotopic (exact) mass is 675 g/mol. The van der Waals surface area contributed by atoms with Gasteiger partial charge in [-0.3, -0.25) is 9.97 Å². The fourth-order valence-electron chi connectivity index (χ4n) is 4.47. The van der Waals surface area contributed by atoms with Crippen LogP contribution in [0, 0.1) is 12.4 Å². The second-order valence-electron chi connectivity index (χ2n) is 9.28. The van der Waals surface area contributed by atoms with Gasteiger partial charge in [-0.25, -0.2) is 0 Å². The first-order valence-corrected chi connectivity index (χ1v) is 12.1. The Morgan fingerprint density at radius 1 is 0.579 bits per heavy atom. The number of hydrogen-bond acceptors (Lipinski definition) is 4. The van der Waals surface area contributed by atoms with E-state index in [1.807, 2.05) is 45.5 Å². The van der Waals surface area contributed by atoms with Crippen LogP contribution in [0.15, 0.2) is 110 Å². The molecule has 0 amide bonds. The number of imidazole rings is 2. The van der Waals surface area contributed by atoms with E-state index in [0.29, 0.717) is 0 Å². The van der Waals surface area contributed by atoms with Crippen molar-refractivity contribution >= 4 is 0 Å². The Labute approximate surface area is 236 Å². The van der Waals surface area contributed by atoms with Gasteiger partial charge in [0.2, 0.25) is 0 Å². The fraction of sp³-hybridized carbons (Fsp3) is 0.0968. The van der Waals surface area contributed by atoms with Crippen molar-refractivity contribution < 1.29 is 21.1 Å². The van der Waals surface area contributed by atoms with Gasteiger partial charge in [-0.05, 0) is 73.3 Å². The van der Waals surface area contributed by atoms with E-state index in [9.17, 15) is 0 Å². The van der Waals surface area contributed by atoms with Gasteiger partial charge >= 0.3 is 21.1 Å². The maximum Gasteiger partial charge on any atom is 2.00 e. The summed E-state index contributed by atoms with van der Waals surface area (Å²) in [5, 5.41) is 0. The topological polar surface area (TPSA) is 61.4 Å². The van der Waals surface area contributed by atoms with Crippen LogP contribution in [-0.4, -0.2) is 29.1 Å². The molecule has 6 rings (SSSR count). The summed E-state index contributed by atoms with van der Waals surface area (Å²) in [7, 11) is 0. The Hall–Kier alpha value is -4.15. The van der Waals surface area contributed by atoms with E-state index in [0.717, 1.165) is 45.3 Å². The molecule has 7 heteroatoms. The molecule has 0 spiro atoms. The Morgan fingerprint density at radius 3 is 1.37 bits per heavy atom. The van der Waals surface area contributed by atoms with E-state index in [1.165, 1.54) is 0 Å². The van der Waals surface area contributed by atoms with Crippen LogP contribution in [0.1, 0.15) is 25.2 Å². The van der Waals surface area contributed by atoms with E-state index < -0.39 is 5.41 Å². The predicted octanol–water partition coefficient (Wildman–Crippen LogP) is 6.11. The van der Waals surface area contributed by atoms with E-state index in [4.69, 9.17) is 9.97 Å². The molecule has 0 aliphatic rings. The summed E-state index contributed by atoms with van der Waals surface area (Å²) < 4.78 is 3.67. The smallest absolute Gasteiger partial charge is 0.452 e. The average Bonchev–Trinajstić information content (AvgIpc) is 3.69. The molecule has 0 aliphatic carbocycles. The standard InChI is InChI=1S/C31H24N6.Pt/c1-31(2,27-15-13-25(23-9-5-3-6-10-23)29(34-27)36-19-17-32-21-36)28-16-14-26(24-11-7-4-8-12-24)30(35-28)37-20-18-33-22-37;/h3-18,21-22H,1-2H3;/q-2;+2. The second kappa shape index (κ2) is 10.7. The third-order valence-electron chi connectivity index (χ3n) is 6.56. The number of aromatic nitrogens is 6. The SMILES string of the molecule is CC(C)(c1ccc(-c2ccccc2)c(-n2[c-]cnc2)n1)c1ccc(-c2ccccc2)c(-n2[c-]cnc2)n1.[Pt+2]. The summed E-state index contributed by atoms with van der Waals surface area (Å²) in [5.41, 5.74) is 5.48. The molecule has 0 N–H and O–H groups in total. The van der Waals surface area contributed by atoms with Crippen molar-refractivity contribution in [2.45, 2.75) is 19.3 Å². The molecule has 0 saturated heterocycles. The normalized spacial score (nSPS) is 11.2. The number of rotatable bonds is 6. The van der Waals surface area contributed by atoms with Crippen LogP contribution >= 0.6 is 0 Å². The van der Waals surface area contributed by atoms with Crippen LogP contribution in [-0.2, 0) is 26.5 Å². The molecule has 4 heterocycles. The van der Waals surface area contributed by atoms with Gasteiger partial charge in [-0.15, -0.1) is 0 Å². The van der Waals surface area contributed by atoms with Gasteiger partial charge in [-0.1, -0.05) is 85.2 Å². The van der Waals surface area contributed by atoms with Crippen molar-refractivity contribution in [3.8, 4) is 33.9 Å². The molecule has 188 valence electrons. The minimum absolute atomic E-state index is 0. The van der Waals surface area contributed by atoms with E-state index in [2.05, 4.69) is 84.7 Å². The van der Waals surface area contributed by atoms with Crippen LogP contribution in [0.3, 0.4) is 0 Å². The molecule has 38 heavy (non-hydrogen) atoms. The van der Waals surface area contributed by atoms with Crippen molar-refractivity contribution in [3.63, 3.8) is 0 Å². The zero-order chi connectivity index (χ0) is 25.2. The van der Waals surface area contributed by atoms with Gasteiger partial charge < -0.3 is 19.1 Å². The number of nitrogens with zero attached hydrogens (tertiary/aromatic N) is 6. The Balaban J connectivity index is 0.00000294. The molecule has 0 atom stereocenters. The molecule has 6 nitrogen and oxygen atoms in total. The second-order valence-corrected chi connectivity index (χ2v) is 9.28. The van der Waals surface area contributed by atoms with Crippen LogP contribution in [0.25, 0.3) is 33.9 Å². The molecule has 0 radical (unpaired) electrons. The first kappa shape index (κ1) is 25.5. The third-order valence-corrected chi connectivity index (χ3v) is 6.56. The van der Waals surface area contributed by atoms with Gasteiger partial charge in [0.05, 0.1) is 0 Å². The number of hydrogen-bond donors (Lipinski definition) is 0. The molecule has 0 unspecified atom stereocenters. The third kappa shape index (κ3) is 4.75. The van der Waals surface area contributed by atoms with Crippen molar-refractivity contribution in [2.24, 2.45) is 0 Å². The first-order valence-electron chi connectivity index (χ1n) is 12.1. The number of benzene rings is 2. The van der Waals surface area contributed by atoms with Gasteiger partial charge in [0.25, 0.3) is 0 Å². The zero-order valence-corrected chi connectivity index (χ0v) is 23.2. The number of pyridine rings is 2. The summed E-state index contributed by atoms with van der Waals surface area (Å²) in [6.45, 7) is 4.29. The molecule has 0 saturated carbocycles. The van der Waals surface area contributed by atoms with Gasteiger partial charge in [0.1, 0.15) is 0 Å². The van der Waals surface area contributed by atoms with Gasteiger partial charge in [0, 0.05) is 28.4 Å². The van der Waals surface area contributed by atoms with Crippen molar-refractivity contribution in [1.29, 1.82) is 0 Å². The average molecular weight is 676 g/mol. The molecule has 0 bridgehead atoms. The molecule has 6 aromatic rings. The summed E-state index contributed by atoms with van der Waals surface area (Å²) in [6.07, 6.45) is 13.0. The predicted molar refractivity (Wildman–Crippen MR) is 143 cm³/mol. The van der Waals surface area contributed by atoms with Gasteiger partial charge in [0.15, 0.2) is 0 Å². The molecule has 0 fully saturated rings. The maximum absolute atomic E-state index is 5.14. The minimum Gasteiger partial charge on any atom is -0.452 e. The van der Waals surface area contributed by atoms with E-state index >= 15 is 0 Å². The maximum atomic E-state index is 5.14. The molecule has 2 aromatic carbocycles. The van der Waals surface area contributed by atoms with E-state index in [-0.39, 0.29) is 21.1 Å². The summed E-state index contributed by atoms with van der Waals surface area (Å²) in [5.74, 6) is 1.55. The molecular formula is C31H24N6Pt. The molecule has 0 aliphatic heterocycles. The Kier molecular flexibility index (Phi) is 7.17. The Bertz CT molecular complexity index is 1500. The summed E-state index contributed by atoms with van der Waals surface area (Å²) >= 11 is 0. The van der Waals surface area contributed by atoms with Crippen molar-refractivity contribution in [2.75, 3.05) is 0 Å². The van der Waals surface area contributed by atoms with Crippen LogP contribution in [0.2, 0.25) is 0 Å². The van der Waals surface area contributed by atoms with Gasteiger partial charge in [-0.2, -0.15) is 0 Å². The summed E-state index contributed by atoms with van der Waals surface area (Å²) in [6, 6.07) is 28.9. The largest absolute Gasteiger partial charge is 2.00 e. The van der Waals surface area contributed by atoms with Crippen LogP contribution < -0.4 is 0 Å². The van der Waals surface area contributed by atoms with Crippen molar-refractivity contribution in [3.05, 3.63) is 134 Å². The first-order chi connectivity index (χ1) is 18.1. The molecule has 4 aromatic heterocycles. The zero-order valence-electron chi connectivity index (χ0n) is 20.9. The quantitative estimate of drug-likeness (QED) is 0.200.